The molecule has 2 aromatic rings. The first-order valence-corrected chi connectivity index (χ1v) is 6.47. The maximum absolute atomic E-state index is 10.8. The maximum Gasteiger partial charge on any atom is 0.271 e. The van der Waals surface area contributed by atoms with Crippen LogP contribution in [-0.4, -0.2) is 9.49 Å². The van der Waals surface area contributed by atoms with E-state index in [1.807, 2.05) is 18.3 Å². The Morgan fingerprint density at radius 2 is 2.06 bits per heavy atom. The number of aromatic nitrogens is 1. The van der Waals surface area contributed by atoms with Crippen LogP contribution in [0.15, 0.2) is 30.5 Å². The fraction of sp³-hybridized carbons (Fsp3) is 0.429. The zero-order valence-corrected chi connectivity index (χ0v) is 10.2. The Balaban J connectivity index is 1.95. The number of nitro benzene ring substituents is 1. The van der Waals surface area contributed by atoms with Crippen molar-refractivity contribution in [2.24, 2.45) is 5.92 Å². The van der Waals surface area contributed by atoms with E-state index in [4.69, 9.17) is 0 Å². The lowest BCUT2D eigenvalue weighted by atomic mass is 10.1. The lowest BCUT2D eigenvalue weighted by molar-refractivity contribution is -0.384. The molecule has 0 amide bonds. The minimum atomic E-state index is -0.327. The Morgan fingerprint density at radius 3 is 2.78 bits per heavy atom. The Hall–Kier alpha value is -1.84. The monoisotopic (exact) mass is 244 g/mol. The molecular formula is C14H16N2O2. The van der Waals surface area contributed by atoms with Crippen LogP contribution in [0.5, 0.6) is 0 Å². The quantitative estimate of drug-likeness (QED) is 0.610. The van der Waals surface area contributed by atoms with E-state index in [0.717, 1.165) is 23.4 Å². The van der Waals surface area contributed by atoms with Crippen molar-refractivity contribution < 1.29 is 4.92 Å². The number of non-ortho nitro benzene ring substituents is 1. The number of benzene rings is 1. The van der Waals surface area contributed by atoms with E-state index in [0.29, 0.717) is 0 Å². The third kappa shape index (κ3) is 1.98. The van der Waals surface area contributed by atoms with Gasteiger partial charge >= 0.3 is 0 Å². The van der Waals surface area contributed by atoms with Crippen molar-refractivity contribution in [2.45, 2.75) is 32.2 Å². The molecule has 0 spiro atoms. The van der Waals surface area contributed by atoms with Gasteiger partial charge in [-0.2, -0.15) is 0 Å². The molecule has 4 heteroatoms. The molecule has 1 aliphatic carbocycles. The standard InChI is InChI=1S/C14H16N2O2/c17-16(18)13-6-5-12-7-8-15(14(12)9-13)10-11-3-1-2-4-11/h5-9,11H,1-4,10H2. The molecule has 0 radical (unpaired) electrons. The van der Waals surface area contributed by atoms with Crippen LogP contribution in [0.4, 0.5) is 5.69 Å². The van der Waals surface area contributed by atoms with Crippen LogP contribution in [0.25, 0.3) is 10.9 Å². The van der Waals surface area contributed by atoms with Crippen LogP contribution in [0.2, 0.25) is 0 Å². The van der Waals surface area contributed by atoms with Gasteiger partial charge in [0, 0.05) is 30.3 Å². The molecule has 0 saturated heterocycles. The Bertz CT molecular complexity index is 582. The normalized spacial score (nSPS) is 16.4. The Kier molecular flexibility index (Phi) is 2.78. The van der Waals surface area contributed by atoms with Crippen molar-refractivity contribution in [3.8, 4) is 0 Å². The van der Waals surface area contributed by atoms with Crippen LogP contribution in [0.1, 0.15) is 25.7 Å². The smallest absolute Gasteiger partial charge is 0.271 e. The molecule has 0 N–H and O–H groups in total. The van der Waals surface area contributed by atoms with E-state index < -0.39 is 0 Å². The SMILES string of the molecule is O=[N+]([O-])c1ccc2ccn(CC3CCCC3)c2c1. The molecule has 3 rings (SSSR count). The van der Waals surface area contributed by atoms with Crippen molar-refractivity contribution in [2.75, 3.05) is 0 Å². The molecule has 18 heavy (non-hydrogen) atoms. The zero-order chi connectivity index (χ0) is 12.5. The lowest BCUT2D eigenvalue weighted by Gasteiger charge is -2.11. The highest BCUT2D eigenvalue weighted by Gasteiger charge is 2.17. The van der Waals surface area contributed by atoms with E-state index >= 15 is 0 Å². The van der Waals surface area contributed by atoms with Gasteiger partial charge in [-0.25, -0.2) is 0 Å². The highest BCUT2D eigenvalue weighted by molar-refractivity contribution is 5.82. The molecule has 0 unspecified atom stereocenters. The molecular weight excluding hydrogens is 228 g/mol. The van der Waals surface area contributed by atoms with Crippen molar-refractivity contribution in [3.05, 3.63) is 40.6 Å². The molecule has 1 fully saturated rings. The molecule has 0 aliphatic heterocycles. The van der Waals surface area contributed by atoms with E-state index in [9.17, 15) is 10.1 Å². The topological polar surface area (TPSA) is 48.1 Å². The van der Waals surface area contributed by atoms with Gasteiger partial charge in [-0.3, -0.25) is 10.1 Å². The third-order valence-corrected chi connectivity index (χ3v) is 3.90. The predicted octanol–water partition coefficient (Wildman–Crippen LogP) is 3.74. The summed E-state index contributed by atoms with van der Waals surface area (Å²) < 4.78 is 2.16. The molecule has 1 aromatic carbocycles. The van der Waals surface area contributed by atoms with Crippen molar-refractivity contribution >= 4 is 16.6 Å². The summed E-state index contributed by atoms with van der Waals surface area (Å²) in [5, 5.41) is 11.9. The lowest BCUT2D eigenvalue weighted by Crippen LogP contribution is -2.06. The summed E-state index contributed by atoms with van der Waals surface area (Å²) in [6.45, 7) is 0.991. The van der Waals surface area contributed by atoms with Gasteiger partial charge in [0.15, 0.2) is 0 Å². The largest absolute Gasteiger partial charge is 0.347 e. The van der Waals surface area contributed by atoms with E-state index in [1.54, 1.807) is 12.1 Å². The van der Waals surface area contributed by atoms with Crippen LogP contribution in [0, 0.1) is 16.0 Å². The summed E-state index contributed by atoms with van der Waals surface area (Å²) in [4.78, 5) is 10.5. The zero-order valence-electron chi connectivity index (χ0n) is 10.2. The second-order valence-corrected chi connectivity index (χ2v) is 5.12. The molecule has 4 nitrogen and oxygen atoms in total. The van der Waals surface area contributed by atoms with Gasteiger partial charge in [0.25, 0.3) is 5.69 Å². The molecule has 1 aromatic heterocycles. The predicted molar refractivity (Wildman–Crippen MR) is 70.6 cm³/mol. The maximum atomic E-state index is 10.8. The van der Waals surface area contributed by atoms with Gasteiger partial charge in [-0.05, 0) is 30.9 Å². The first kappa shape index (κ1) is 11.3. The van der Waals surface area contributed by atoms with Crippen molar-refractivity contribution in [1.82, 2.24) is 4.57 Å². The second-order valence-electron chi connectivity index (χ2n) is 5.12. The Morgan fingerprint density at radius 1 is 1.28 bits per heavy atom. The van der Waals surface area contributed by atoms with Crippen LogP contribution >= 0.6 is 0 Å². The molecule has 0 atom stereocenters. The summed E-state index contributed by atoms with van der Waals surface area (Å²) in [7, 11) is 0. The van der Waals surface area contributed by atoms with E-state index in [1.165, 1.54) is 25.7 Å². The highest BCUT2D eigenvalue weighted by atomic mass is 16.6. The minimum Gasteiger partial charge on any atom is -0.347 e. The highest BCUT2D eigenvalue weighted by Crippen LogP contribution is 2.29. The fourth-order valence-corrected chi connectivity index (χ4v) is 2.92. The minimum absolute atomic E-state index is 0.175. The average Bonchev–Trinajstić information content (AvgIpc) is 2.99. The van der Waals surface area contributed by atoms with Gasteiger partial charge in [0.05, 0.1) is 10.4 Å². The average molecular weight is 244 g/mol. The second kappa shape index (κ2) is 4.44. The Labute approximate surface area is 105 Å². The van der Waals surface area contributed by atoms with E-state index in [-0.39, 0.29) is 10.6 Å². The number of nitrogens with zero attached hydrogens (tertiary/aromatic N) is 2. The van der Waals surface area contributed by atoms with Crippen LogP contribution in [0.3, 0.4) is 0 Å². The van der Waals surface area contributed by atoms with Crippen LogP contribution in [-0.2, 0) is 6.54 Å². The molecule has 94 valence electrons. The molecule has 0 bridgehead atoms. The summed E-state index contributed by atoms with van der Waals surface area (Å²) in [6.07, 6.45) is 7.27. The van der Waals surface area contributed by atoms with Crippen molar-refractivity contribution in [1.29, 1.82) is 0 Å². The van der Waals surface area contributed by atoms with Gasteiger partial charge in [0.2, 0.25) is 0 Å². The number of rotatable bonds is 3. The first-order chi connectivity index (χ1) is 8.74. The summed E-state index contributed by atoms with van der Waals surface area (Å²) >= 11 is 0. The van der Waals surface area contributed by atoms with Gasteiger partial charge in [0.1, 0.15) is 0 Å². The number of hydrogen-bond donors (Lipinski definition) is 0. The summed E-state index contributed by atoms with van der Waals surface area (Å²) in [6, 6.07) is 7.12. The van der Waals surface area contributed by atoms with Gasteiger partial charge in [-0.15, -0.1) is 0 Å². The third-order valence-electron chi connectivity index (χ3n) is 3.90. The van der Waals surface area contributed by atoms with Gasteiger partial charge in [-0.1, -0.05) is 12.8 Å². The van der Waals surface area contributed by atoms with Crippen LogP contribution < -0.4 is 0 Å². The summed E-state index contributed by atoms with van der Waals surface area (Å²) in [5.74, 6) is 0.736. The first-order valence-electron chi connectivity index (χ1n) is 6.47. The number of fused-ring (bicyclic) bond motifs is 1. The van der Waals surface area contributed by atoms with E-state index in [2.05, 4.69) is 4.57 Å². The van der Waals surface area contributed by atoms with Crippen molar-refractivity contribution in [3.63, 3.8) is 0 Å². The molecule has 1 saturated carbocycles. The fourth-order valence-electron chi connectivity index (χ4n) is 2.92. The summed E-state index contributed by atoms with van der Waals surface area (Å²) in [5.41, 5.74) is 1.16. The number of hydrogen-bond acceptors (Lipinski definition) is 2. The number of nitro groups is 1. The van der Waals surface area contributed by atoms with Gasteiger partial charge < -0.3 is 4.57 Å². The molecule has 1 aliphatic rings. The molecule has 1 heterocycles.